The fraction of sp³-hybridized carbons (Fsp3) is 0.318. The molecular weight excluding hydrogens is 338 g/mol. The highest BCUT2D eigenvalue weighted by Crippen LogP contribution is 2.63. The second-order valence-electron chi connectivity index (χ2n) is 7.36. The van der Waals surface area contributed by atoms with Crippen molar-refractivity contribution in [2.75, 3.05) is 7.11 Å². The lowest BCUT2D eigenvalue weighted by Crippen LogP contribution is -2.28. The Labute approximate surface area is 157 Å². The van der Waals surface area contributed by atoms with E-state index in [0.29, 0.717) is 24.1 Å². The van der Waals surface area contributed by atoms with Crippen molar-refractivity contribution in [3.63, 3.8) is 0 Å². The summed E-state index contributed by atoms with van der Waals surface area (Å²) in [5, 5.41) is 4.27. The summed E-state index contributed by atoms with van der Waals surface area (Å²) in [7, 11) is 1.63. The van der Waals surface area contributed by atoms with Gasteiger partial charge in [0.1, 0.15) is 0 Å². The van der Waals surface area contributed by atoms with Gasteiger partial charge in [-0.1, -0.05) is 13.0 Å². The highest BCUT2D eigenvalue weighted by atomic mass is 16.5. The van der Waals surface area contributed by atoms with E-state index in [1.807, 2.05) is 37.5 Å². The number of hydrogen-bond donors (Lipinski definition) is 1. The lowest BCUT2D eigenvalue weighted by atomic mass is 9.95. The maximum Gasteiger partial charge on any atom is 0.220 e. The molecule has 1 amide bonds. The van der Waals surface area contributed by atoms with Crippen molar-refractivity contribution in [2.24, 2.45) is 5.92 Å². The first-order valence-corrected chi connectivity index (χ1v) is 9.42. The molecule has 1 fully saturated rings. The van der Waals surface area contributed by atoms with Crippen molar-refractivity contribution >= 4 is 16.8 Å². The normalized spacial score (nSPS) is 22.2. The number of benzene rings is 1. The molecule has 3 atom stereocenters. The number of nitrogens with zero attached hydrogens (tertiary/aromatic N) is 2. The topological polar surface area (TPSA) is 64.1 Å². The van der Waals surface area contributed by atoms with Crippen molar-refractivity contribution < 1.29 is 9.53 Å². The zero-order valence-corrected chi connectivity index (χ0v) is 15.4. The molecule has 0 radical (unpaired) electrons. The predicted molar refractivity (Wildman–Crippen MR) is 104 cm³/mol. The van der Waals surface area contributed by atoms with Crippen LogP contribution in [0.4, 0.5) is 0 Å². The van der Waals surface area contributed by atoms with Crippen molar-refractivity contribution in [2.45, 2.75) is 31.7 Å². The summed E-state index contributed by atoms with van der Waals surface area (Å²) in [6, 6.07) is 10.3. The maximum atomic E-state index is 11.9. The van der Waals surface area contributed by atoms with Crippen LogP contribution in [0.2, 0.25) is 0 Å². The molecule has 2 aromatic heterocycles. The molecule has 5 nitrogen and oxygen atoms in total. The number of carbonyl (C=O) groups excluding carboxylic acids is 1. The first-order chi connectivity index (χ1) is 13.2. The molecule has 0 aliphatic heterocycles. The molecule has 5 rings (SSSR count). The van der Waals surface area contributed by atoms with Crippen LogP contribution in [0.15, 0.2) is 42.7 Å². The van der Waals surface area contributed by atoms with Crippen molar-refractivity contribution in [3.05, 3.63) is 53.9 Å². The third kappa shape index (κ3) is 2.57. The van der Waals surface area contributed by atoms with Crippen LogP contribution in [0.1, 0.15) is 42.9 Å². The molecule has 5 heteroatoms. The van der Waals surface area contributed by atoms with Gasteiger partial charge in [-0.3, -0.25) is 9.78 Å². The van der Waals surface area contributed by atoms with Gasteiger partial charge in [0, 0.05) is 35.8 Å². The van der Waals surface area contributed by atoms with Crippen molar-refractivity contribution in [1.29, 1.82) is 0 Å². The van der Waals surface area contributed by atoms with Crippen LogP contribution in [0.5, 0.6) is 5.88 Å². The number of pyridine rings is 2. The van der Waals surface area contributed by atoms with E-state index >= 15 is 0 Å². The molecule has 0 saturated heterocycles. The quantitative estimate of drug-likeness (QED) is 0.765. The van der Waals surface area contributed by atoms with Crippen LogP contribution in [0.3, 0.4) is 0 Å². The summed E-state index contributed by atoms with van der Waals surface area (Å²) in [5.41, 5.74) is 5.77. The van der Waals surface area contributed by atoms with Crippen LogP contribution in [-0.4, -0.2) is 23.0 Å². The molecule has 1 aromatic carbocycles. The fourth-order valence-corrected chi connectivity index (χ4v) is 4.37. The van der Waals surface area contributed by atoms with Crippen LogP contribution >= 0.6 is 0 Å². The maximum absolute atomic E-state index is 11.9. The molecule has 0 spiro atoms. The zero-order valence-electron chi connectivity index (χ0n) is 15.4. The third-order valence-corrected chi connectivity index (χ3v) is 5.81. The number of hydrogen-bond acceptors (Lipinski definition) is 4. The molecule has 136 valence electrons. The van der Waals surface area contributed by atoms with Gasteiger partial charge in [-0.25, -0.2) is 4.98 Å². The Hall–Kier alpha value is -2.95. The number of aromatic nitrogens is 2. The third-order valence-electron chi connectivity index (χ3n) is 5.81. The molecule has 1 saturated carbocycles. The standard InChI is InChI=1S/C22H21N3O2/c1-3-19(26)25-22-15-9-14(15)21-16(10-23-11-17(21)22)12-4-6-18-13(8-12)5-7-20(24-18)27-2/h4-8,10-11,14-15,22H,3,9H2,1-2H3,(H,25,26)/t14-,15+,22?/m1/s1. The second-order valence-corrected chi connectivity index (χ2v) is 7.36. The molecule has 2 aliphatic rings. The minimum atomic E-state index is 0.106. The van der Waals surface area contributed by atoms with E-state index < -0.39 is 0 Å². The van der Waals surface area contributed by atoms with Crippen LogP contribution in [-0.2, 0) is 4.79 Å². The first-order valence-electron chi connectivity index (χ1n) is 9.42. The molecule has 1 N–H and O–H groups in total. The lowest BCUT2D eigenvalue weighted by Gasteiger charge is -2.18. The van der Waals surface area contributed by atoms with Gasteiger partial charge in [-0.05, 0) is 53.1 Å². The van der Waals surface area contributed by atoms with E-state index in [1.54, 1.807) is 7.11 Å². The number of ether oxygens (including phenoxy) is 1. The summed E-state index contributed by atoms with van der Waals surface area (Å²) in [6.07, 6.45) is 5.54. The highest BCUT2D eigenvalue weighted by Gasteiger charge is 2.53. The second kappa shape index (κ2) is 6.05. The summed E-state index contributed by atoms with van der Waals surface area (Å²) in [4.78, 5) is 20.9. The summed E-state index contributed by atoms with van der Waals surface area (Å²) in [6.45, 7) is 1.89. The molecule has 2 heterocycles. The van der Waals surface area contributed by atoms with Gasteiger partial charge in [0.2, 0.25) is 11.8 Å². The minimum Gasteiger partial charge on any atom is -0.481 e. The Morgan fingerprint density at radius 1 is 1.26 bits per heavy atom. The van der Waals surface area contributed by atoms with Gasteiger partial charge in [0.05, 0.1) is 18.7 Å². The first kappa shape index (κ1) is 16.2. The average molecular weight is 359 g/mol. The Morgan fingerprint density at radius 3 is 2.96 bits per heavy atom. The summed E-state index contributed by atoms with van der Waals surface area (Å²) < 4.78 is 5.21. The van der Waals surface area contributed by atoms with Crippen LogP contribution < -0.4 is 10.1 Å². The molecule has 2 aliphatic carbocycles. The van der Waals surface area contributed by atoms with E-state index in [9.17, 15) is 4.79 Å². The fourth-order valence-electron chi connectivity index (χ4n) is 4.37. The molecule has 1 unspecified atom stereocenters. The van der Waals surface area contributed by atoms with Gasteiger partial charge in [-0.15, -0.1) is 0 Å². The molecule has 27 heavy (non-hydrogen) atoms. The van der Waals surface area contributed by atoms with E-state index in [-0.39, 0.29) is 11.9 Å². The number of methoxy groups -OCH3 is 1. The van der Waals surface area contributed by atoms with E-state index in [0.717, 1.165) is 22.9 Å². The Bertz CT molecular complexity index is 1060. The Kier molecular flexibility index (Phi) is 3.64. The van der Waals surface area contributed by atoms with Gasteiger partial charge >= 0.3 is 0 Å². The number of amides is 1. The largest absolute Gasteiger partial charge is 0.481 e. The van der Waals surface area contributed by atoms with Crippen LogP contribution in [0.25, 0.3) is 22.0 Å². The van der Waals surface area contributed by atoms with Gasteiger partial charge < -0.3 is 10.1 Å². The van der Waals surface area contributed by atoms with Crippen LogP contribution in [0, 0.1) is 5.92 Å². The number of rotatable bonds is 4. The average Bonchev–Trinajstić information content (AvgIpc) is 3.44. The predicted octanol–water partition coefficient (Wildman–Crippen LogP) is 3.99. The summed E-state index contributed by atoms with van der Waals surface area (Å²) >= 11 is 0. The summed E-state index contributed by atoms with van der Waals surface area (Å²) in [5.74, 6) is 1.78. The van der Waals surface area contributed by atoms with Crippen molar-refractivity contribution in [3.8, 4) is 17.0 Å². The number of nitrogens with one attached hydrogen (secondary N) is 1. The smallest absolute Gasteiger partial charge is 0.220 e. The minimum absolute atomic E-state index is 0.106. The van der Waals surface area contributed by atoms with E-state index in [2.05, 4.69) is 27.4 Å². The van der Waals surface area contributed by atoms with E-state index in [1.165, 1.54) is 16.7 Å². The number of carbonyl (C=O) groups is 1. The zero-order chi connectivity index (χ0) is 18.5. The molecule has 0 bridgehead atoms. The number of fused-ring (bicyclic) bond motifs is 4. The van der Waals surface area contributed by atoms with Gasteiger partial charge in [-0.2, -0.15) is 0 Å². The van der Waals surface area contributed by atoms with E-state index in [4.69, 9.17) is 4.74 Å². The Morgan fingerprint density at radius 2 is 2.15 bits per heavy atom. The monoisotopic (exact) mass is 359 g/mol. The lowest BCUT2D eigenvalue weighted by molar-refractivity contribution is -0.121. The van der Waals surface area contributed by atoms with Gasteiger partial charge in [0.25, 0.3) is 0 Å². The molecular formula is C22H21N3O2. The Balaban J connectivity index is 1.58. The highest BCUT2D eigenvalue weighted by molar-refractivity contribution is 5.86. The molecule has 3 aromatic rings. The van der Waals surface area contributed by atoms with Crippen molar-refractivity contribution in [1.82, 2.24) is 15.3 Å². The van der Waals surface area contributed by atoms with Gasteiger partial charge in [0.15, 0.2) is 0 Å². The SMILES string of the molecule is CCC(=O)NC1c2cncc(-c3ccc4nc(OC)ccc4c3)c2[C@@H]2C[C@H]12.